The van der Waals surface area contributed by atoms with E-state index in [2.05, 4.69) is 17.0 Å². The highest BCUT2D eigenvalue weighted by molar-refractivity contribution is 7.99. The molecule has 4 rings (SSSR count). The van der Waals surface area contributed by atoms with E-state index in [1.165, 1.54) is 11.8 Å². The van der Waals surface area contributed by atoms with Crippen LogP contribution in [0.4, 0.5) is 0 Å². The van der Waals surface area contributed by atoms with Gasteiger partial charge in [0.05, 0.1) is 22.6 Å². The van der Waals surface area contributed by atoms with Gasteiger partial charge in [0.2, 0.25) is 0 Å². The predicted octanol–water partition coefficient (Wildman–Crippen LogP) is 4.03. The van der Waals surface area contributed by atoms with Gasteiger partial charge in [0.1, 0.15) is 11.8 Å². The van der Waals surface area contributed by atoms with Crippen LogP contribution in [0.25, 0.3) is 0 Å². The van der Waals surface area contributed by atoms with Crippen molar-refractivity contribution in [3.8, 4) is 0 Å². The van der Waals surface area contributed by atoms with Gasteiger partial charge in [-0.15, -0.1) is 11.3 Å². The van der Waals surface area contributed by atoms with E-state index in [4.69, 9.17) is 4.42 Å². The van der Waals surface area contributed by atoms with Gasteiger partial charge in [0.25, 0.3) is 5.91 Å². The van der Waals surface area contributed by atoms with Gasteiger partial charge in [-0.1, -0.05) is 17.8 Å². The van der Waals surface area contributed by atoms with Crippen molar-refractivity contribution in [3.63, 3.8) is 0 Å². The molecule has 0 N–H and O–H groups in total. The summed E-state index contributed by atoms with van der Waals surface area (Å²) in [7, 11) is 0. The van der Waals surface area contributed by atoms with Crippen LogP contribution in [0.1, 0.15) is 30.0 Å². The Bertz CT molecular complexity index is 900. The zero-order chi connectivity index (χ0) is 17.9. The molecule has 3 aromatic heterocycles. The minimum Gasteiger partial charge on any atom is -0.467 e. The first kappa shape index (κ1) is 17.1. The standard InChI is InChI=1S/C18H18N4O2S2/c1-2-21-8-7-19-18(21)26-12-17(23)22-14(15-5-3-9-24-15)11-13(20-22)16-6-4-10-25-16/h3-10,14H,2,11-12H2,1H3. The van der Waals surface area contributed by atoms with Crippen LogP contribution in [0.2, 0.25) is 0 Å². The minimum atomic E-state index is -0.193. The second-order valence-electron chi connectivity index (χ2n) is 5.78. The van der Waals surface area contributed by atoms with Crippen molar-refractivity contribution in [1.29, 1.82) is 0 Å². The molecule has 0 radical (unpaired) electrons. The van der Waals surface area contributed by atoms with Crippen LogP contribution in [0.3, 0.4) is 0 Å². The monoisotopic (exact) mass is 386 g/mol. The summed E-state index contributed by atoms with van der Waals surface area (Å²) in [5.74, 6) is 0.998. The number of aryl methyl sites for hydroxylation is 1. The molecule has 0 fully saturated rings. The molecular weight excluding hydrogens is 368 g/mol. The summed E-state index contributed by atoms with van der Waals surface area (Å²) in [5.41, 5.74) is 0.926. The van der Waals surface area contributed by atoms with E-state index in [1.807, 2.05) is 40.4 Å². The van der Waals surface area contributed by atoms with Crippen molar-refractivity contribution in [3.05, 3.63) is 58.9 Å². The maximum atomic E-state index is 12.9. The fraction of sp³-hybridized carbons (Fsp3) is 0.278. The number of thiophene rings is 1. The van der Waals surface area contributed by atoms with Gasteiger partial charge < -0.3 is 8.98 Å². The van der Waals surface area contributed by atoms with E-state index in [9.17, 15) is 4.79 Å². The van der Waals surface area contributed by atoms with Crippen molar-refractivity contribution in [1.82, 2.24) is 14.6 Å². The molecule has 8 heteroatoms. The molecule has 0 bridgehead atoms. The van der Waals surface area contributed by atoms with E-state index in [0.717, 1.165) is 28.1 Å². The molecule has 1 aliphatic rings. The summed E-state index contributed by atoms with van der Waals surface area (Å²) in [4.78, 5) is 18.3. The summed E-state index contributed by atoms with van der Waals surface area (Å²) in [6.45, 7) is 2.88. The van der Waals surface area contributed by atoms with Crippen molar-refractivity contribution < 1.29 is 9.21 Å². The molecule has 0 saturated heterocycles. The lowest BCUT2D eigenvalue weighted by Crippen LogP contribution is -2.28. The second kappa shape index (κ2) is 7.51. The average molecular weight is 387 g/mol. The number of rotatable bonds is 6. The van der Waals surface area contributed by atoms with E-state index < -0.39 is 0 Å². The van der Waals surface area contributed by atoms with Crippen LogP contribution < -0.4 is 0 Å². The molecule has 3 aromatic rings. The number of thioether (sulfide) groups is 1. The van der Waals surface area contributed by atoms with E-state index in [-0.39, 0.29) is 17.7 Å². The number of nitrogens with zero attached hydrogens (tertiary/aromatic N) is 4. The Morgan fingerprint density at radius 1 is 1.42 bits per heavy atom. The lowest BCUT2D eigenvalue weighted by atomic mass is 10.1. The Morgan fingerprint density at radius 3 is 3.08 bits per heavy atom. The number of amides is 1. The Balaban J connectivity index is 1.53. The fourth-order valence-electron chi connectivity index (χ4n) is 2.90. The third-order valence-electron chi connectivity index (χ3n) is 4.19. The number of aromatic nitrogens is 2. The maximum absolute atomic E-state index is 12.9. The van der Waals surface area contributed by atoms with Crippen LogP contribution in [0, 0.1) is 0 Å². The van der Waals surface area contributed by atoms with Crippen LogP contribution in [-0.4, -0.2) is 31.9 Å². The highest BCUT2D eigenvalue weighted by atomic mass is 32.2. The molecule has 1 amide bonds. The van der Waals surface area contributed by atoms with Crippen molar-refractivity contribution >= 4 is 34.7 Å². The van der Waals surface area contributed by atoms with Gasteiger partial charge in [0.15, 0.2) is 5.16 Å². The van der Waals surface area contributed by atoms with Gasteiger partial charge in [-0.3, -0.25) is 4.79 Å². The summed E-state index contributed by atoms with van der Waals surface area (Å²) < 4.78 is 7.58. The third kappa shape index (κ3) is 3.34. The van der Waals surface area contributed by atoms with Crippen LogP contribution in [-0.2, 0) is 11.3 Å². The molecule has 134 valence electrons. The molecule has 0 aliphatic carbocycles. The molecule has 1 unspecified atom stereocenters. The summed E-state index contributed by atoms with van der Waals surface area (Å²) in [6.07, 6.45) is 5.97. The molecule has 26 heavy (non-hydrogen) atoms. The first-order chi connectivity index (χ1) is 12.8. The lowest BCUT2D eigenvalue weighted by Gasteiger charge is -2.19. The summed E-state index contributed by atoms with van der Waals surface area (Å²) >= 11 is 3.07. The van der Waals surface area contributed by atoms with Gasteiger partial charge in [-0.25, -0.2) is 9.99 Å². The smallest absolute Gasteiger partial charge is 0.253 e. The highest BCUT2D eigenvalue weighted by Crippen LogP contribution is 2.34. The number of hydrogen-bond acceptors (Lipinski definition) is 6. The third-order valence-corrected chi connectivity index (χ3v) is 6.09. The number of hydrazone groups is 1. The number of carbonyl (C=O) groups excluding carboxylic acids is 1. The number of furan rings is 1. The Kier molecular flexibility index (Phi) is 4.94. The molecular formula is C18H18N4O2S2. The number of imidazole rings is 1. The number of carbonyl (C=O) groups is 1. The van der Waals surface area contributed by atoms with E-state index in [1.54, 1.807) is 28.8 Å². The van der Waals surface area contributed by atoms with Gasteiger partial charge in [-0.05, 0) is 30.5 Å². The molecule has 0 saturated carbocycles. The quantitative estimate of drug-likeness (QED) is 0.600. The van der Waals surface area contributed by atoms with E-state index in [0.29, 0.717) is 6.42 Å². The summed E-state index contributed by atoms with van der Waals surface area (Å²) in [5, 5.41) is 9.05. The largest absolute Gasteiger partial charge is 0.467 e. The van der Waals surface area contributed by atoms with Crippen LogP contribution in [0.15, 0.2) is 63.0 Å². The molecule has 1 atom stereocenters. The molecule has 4 heterocycles. The van der Waals surface area contributed by atoms with Crippen molar-refractivity contribution in [2.45, 2.75) is 31.1 Å². The van der Waals surface area contributed by atoms with Crippen molar-refractivity contribution in [2.75, 3.05) is 5.75 Å². The summed E-state index contributed by atoms with van der Waals surface area (Å²) in [6, 6.07) is 7.57. The Hall–Kier alpha value is -2.32. The fourth-order valence-corrected chi connectivity index (χ4v) is 4.50. The predicted molar refractivity (Wildman–Crippen MR) is 102 cm³/mol. The number of hydrogen-bond donors (Lipinski definition) is 0. The lowest BCUT2D eigenvalue weighted by molar-refractivity contribution is -0.130. The van der Waals surface area contributed by atoms with Crippen LogP contribution in [0.5, 0.6) is 0 Å². The highest BCUT2D eigenvalue weighted by Gasteiger charge is 2.35. The first-order valence-corrected chi connectivity index (χ1v) is 10.2. The first-order valence-electron chi connectivity index (χ1n) is 8.37. The Morgan fingerprint density at radius 2 is 2.35 bits per heavy atom. The minimum absolute atomic E-state index is 0.0476. The SMILES string of the molecule is CCn1ccnc1SCC(=O)N1N=C(c2cccs2)CC1c1ccco1. The zero-order valence-corrected chi connectivity index (χ0v) is 15.9. The maximum Gasteiger partial charge on any atom is 0.253 e. The normalized spacial score (nSPS) is 16.9. The van der Waals surface area contributed by atoms with Crippen LogP contribution >= 0.6 is 23.1 Å². The van der Waals surface area contributed by atoms with Gasteiger partial charge >= 0.3 is 0 Å². The molecule has 0 spiro atoms. The average Bonchev–Trinajstić information content (AvgIpc) is 3.45. The van der Waals surface area contributed by atoms with Gasteiger partial charge in [-0.2, -0.15) is 5.10 Å². The molecule has 0 aromatic carbocycles. The van der Waals surface area contributed by atoms with Gasteiger partial charge in [0, 0.05) is 25.4 Å². The molecule has 1 aliphatic heterocycles. The van der Waals surface area contributed by atoms with E-state index >= 15 is 0 Å². The second-order valence-corrected chi connectivity index (χ2v) is 7.67. The topological polar surface area (TPSA) is 63.6 Å². The zero-order valence-electron chi connectivity index (χ0n) is 14.2. The Labute approximate surface area is 159 Å². The van der Waals surface area contributed by atoms with Crippen molar-refractivity contribution in [2.24, 2.45) is 5.10 Å². The molecule has 6 nitrogen and oxygen atoms in total.